The van der Waals surface area contributed by atoms with Gasteiger partial charge in [0.1, 0.15) is 0 Å². The topological polar surface area (TPSA) is 76.3 Å². The zero-order chi connectivity index (χ0) is 30.9. The molecule has 3 heterocycles. The van der Waals surface area contributed by atoms with E-state index in [1.54, 1.807) is 14.2 Å². The Morgan fingerprint density at radius 1 is 0.822 bits per heavy atom. The molecule has 0 aliphatic carbocycles. The summed E-state index contributed by atoms with van der Waals surface area (Å²) < 4.78 is 13.3. The minimum absolute atomic E-state index is 0.269. The van der Waals surface area contributed by atoms with Crippen LogP contribution in [0.25, 0.3) is 5.69 Å². The van der Waals surface area contributed by atoms with Crippen LogP contribution < -0.4 is 19.7 Å². The number of aromatic nitrogens is 2. The number of rotatable bonds is 8. The number of benzene rings is 4. The van der Waals surface area contributed by atoms with Crippen LogP contribution in [0.1, 0.15) is 48.2 Å². The first kappa shape index (κ1) is 28.4. The van der Waals surface area contributed by atoms with Crippen LogP contribution in [-0.4, -0.2) is 35.7 Å². The molecule has 0 amide bonds. The molecule has 5 aromatic rings. The molecule has 1 atom stereocenters. The van der Waals surface area contributed by atoms with Crippen LogP contribution in [0, 0.1) is 6.92 Å². The van der Waals surface area contributed by atoms with E-state index >= 15 is 0 Å². The SMILES string of the molecule is CCCCc1ccc(NC2=Nc3ccccc3N3C2=Nc2c(c(C)nn2-c2ccccc2)C3c2ccc(OC)c(OC)c2)cc1. The molecular formula is C37H36N6O2. The summed E-state index contributed by atoms with van der Waals surface area (Å²) in [5, 5.41) is 8.66. The van der Waals surface area contributed by atoms with Crippen molar-refractivity contribution < 1.29 is 9.47 Å². The van der Waals surface area contributed by atoms with E-state index in [-0.39, 0.29) is 6.04 Å². The summed E-state index contributed by atoms with van der Waals surface area (Å²) in [6, 6.07) is 32.8. The van der Waals surface area contributed by atoms with Gasteiger partial charge >= 0.3 is 0 Å². The number of nitrogens with one attached hydrogen (secondary N) is 1. The van der Waals surface area contributed by atoms with Gasteiger partial charge in [-0.2, -0.15) is 5.10 Å². The number of aliphatic imine (C=N–C) groups is 2. The lowest BCUT2D eigenvalue weighted by Gasteiger charge is -2.40. The summed E-state index contributed by atoms with van der Waals surface area (Å²) in [5.74, 6) is 3.49. The maximum absolute atomic E-state index is 5.77. The van der Waals surface area contributed by atoms with E-state index in [1.807, 2.05) is 65.3 Å². The highest BCUT2D eigenvalue weighted by Crippen LogP contribution is 2.49. The van der Waals surface area contributed by atoms with Gasteiger partial charge in [-0.05, 0) is 79.4 Å². The van der Waals surface area contributed by atoms with Crippen molar-refractivity contribution in [3.05, 3.63) is 119 Å². The van der Waals surface area contributed by atoms with Crippen LogP contribution in [0.5, 0.6) is 11.5 Å². The first-order valence-electron chi connectivity index (χ1n) is 15.4. The van der Waals surface area contributed by atoms with E-state index in [4.69, 9.17) is 24.6 Å². The molecule has 7 rings (SSSR count). The van der Waals surface area contributed by atoms with Crippen molar-refractivity contribution in [2.24, 2.45) is 9.98 Å². The minimum atomic E-state index is -0.269. The second kappa shape index (κ2) is 12.0. The zero-order valence-electron chi connectivity index (χ0n) is 26.0. The van der Waals surface area contributed by atoms with E-state index in [9.17, 15) is 0 Å². The van der Waals surface area contributed by atoms with Crippen LogP contribution in [-0.2, 0) is 6.42 Å². The summed E-state index contributed by atoms with van der Waals surface area (Å²) >= 11 is 0. The van der Waals surface area contributed by atoms with Crippen LogP contribution in [0.15, 0.2) is 107 Å². The third-order valence-corrected chi connectivity index (χ3v) is 8.40. The fourth-order valence-corrected chi connectivity index (χ4v) is 6.16. The Balaban J connectivity index is 1.43. The fourth-order valence-electron chi connectivity index (χ4n) is 6.16. The van der Waals surface area contributed by atoms with Gasteiger partial charge in [0.15, 0.2) is 29.0 Å². The molecule has 4 aromatic carbocycles. The molecule has 0 radical (unpaired) electrons. The third kappa shape index (κ3) is 5.12. The number of hydrogen-bond acceptors (Lipinski definition) is 7. The summed E-state index contributed by atoms with van der Waals surface area (Å²) in [4.78, 5) is 12.7. The van der Waals surface area contributed by atoms with Crippen LogP contribution in [0.4, 0.5) is 22.9 Å². The summed E-state index contributed by atoms with van der Waals surface area (Å²) in [5.41, 5.74) is 7.99. The monoisotopic (exact) mass is 596 g/mol. The Kier molecular flexibility index (Phi) is 7.55. The largest absolute Gasteiger partial charge is 0.493 e. The molecule has 0 bridgehead atoms. The number of anilines is 2. The number of methoxy groups -OCH3 is 2. The Labute approximate surface area is 263 Å². The number of nitrogens with zero attached hydrogens (tertiary/aromatic N) is 5. The van der Waals surface area contributed by atoms with Crippen molar-refractivity contribution in [1.29, 1.82) is 0 Å². The number of amidine groups is 2. The van der Waals surface area contributed by atoms with Crippen molar-refractivity contribution in [2.45, 2.75) is 39.2 Å². The highest BCUT2D eigenvalue weighted by molar-refractivity contribution is 6.51. The van der Waals surface area contributed by atoms with Crippen LogP contribution in [0.3, 0.4) is 0 Å². The number of hydrogen-bond donors (Lipinski definition) is 1. The molecule has 0 saturated carbocycles. The molecule has 1 N–H and O–H groups in total. The highest BCUT2D eigenvalue weighted by atomic mass is 16.5. The maximum atomic E-state index is 5.77. The zero-order valence-corrected chi connectivity index (χ0v) is 26.0. The number of unbranched alkanes of at least 4 members (excludes halogenated alkanes) is 1. The molecule has 0 saturated heterocycles. The molecule has 8 nitrogen and oxygen atoms in total. The van der Waals surface area contributed by atoms with Crippen LogP contribution >= 0.6 is 0 Å². The van der Waals surface area contributed by atoms with Crippen molar-refractivity contribution in [2.75, 3.05) is 24.4 Å². The summed E-state index contributed by atoms with van der Waals surface area (Å²) in [7, 11) is 3.32. The average molecular weight is 597 g/mol. The molecule has 8 heteroatoms. The fraction of sp³-hybridized carbons (Fsp3) is 0.216. The highest BCUT2D eigenvalue weighted by Gasteiger charge is 2.41. The number of para-hydroxylation sites is 3. The third-order valence-electron chi connectivity index (χ3n) is 8.40. The van der Waals surface area contributed by atoms with Crippen molar-refractivity contribution in [1.82, 2.24) is 9.78 Å². The Bertz CT molecular complexity index is 1910. The maximum Gasteiger partial charge on any atom is 0.179 e. The lowest BCUT2D eigenvalue weighted by Crippen LogP contribution is -2.46. The first-order chi connectivity index (χ1) is 22.1. The molecule has 1 aromatic heterocycles. The van der Waals surface area contributed by atoms with Gasteiger partial charge in [-0.3, -0.25) is 0 Å². The number of aryl methyl sites for hydroxylation is 2. The van der Waals surface area contributed by atoms with Gasteiger partial charge < -0.3 is 19.7 Å². The van der Waals surface area contributed by atoms with Gasteiger partial charge in [-0.25, -0.2) is 14.7 Å². The van der Waals surface area contributed by atoms with Crippen molar-refractivity contribution in [3.8, 4) is 17.2 Å². The summed E-state index contributed by atoms with van der Waals surface area (Å²) in [6.07, 6.45) is 3.43. The van der Waals surface area contributed by atoms with E-state index in [2.05, 4.69) is 60.5 Å². The molecule has 0 spiro atoms. The Morgan fingerprint density at radius 2 is 1.58 bits per heavy atom. The van der Waals surface area contributed by atoms with E-state index in [0.717, 1.165) is 51.8 Å². The van der Waals surface area contributed by atoms with Gasteiger partial charge in [0.05, 0.1) is 43.0 Å². The van der Waals surface area contributed by atoms with E-state index < -0.39 is 0 Å². The van der Waals surface area contributed by atoms with Gasteiger partial charge in [-0.1, -0.05) is 61.9 Å². The van der Waals surface area contributed by atoms with Crippen molar-refractivity contribution >= 4 is 34.6 Å². The standard InChI is InChI=1S/C37H36N6O2/c1-5-6-12-25-17-20-27(21-18-25)38-35-37-40-36-33(24(2)41-43(36)28-13-8-7-9-14-28)34(26-19-22-31(44-3)32(23-26)45-4)42(37)30-16-11-10-15-29(30)39-35/h7-11,13-23,34H,5-6,12H2,1-4H3,(H,38,39). The lowest BCUT2D eigenvalue weighted by atomic mass is 9.93. The first-order valence-corrected chi connectivity index (χ1v) is 15.4. The molecule has 226 valence electrons. The van der Waals surface area contributed by atoms with E-state index in [1.165, 1.54) is 18.4 Å². The van der Waals surface area contributed by atoms with E-state index in [0.29, 0.717) is 23.2 Å². The smallest absolute Gasteiger partial charge is 0.179 e. The molecule has 2 aliphatic rings. The molecule has 45 heavy (non-hydrogen) atoms. The van der Waals surface area contributed by atoms with Crippen LogP contribution in [0.2, 0.25) is 0 Å². The predicted octanol–water partition coefficient (Wildman–Crippen LogP) is 8.34. The quantitative estimate of drug-likeness (QED) is 0.195. The molecule has 1 unspecified atom stereocenters. The second-order valence-corrected chi connectivity index (χ2v) is 11.3. The van der Waals surface area contributed by atoms with Gasteiger partial charge in [-0.15, -0.1) is 0 Å². The number of fused-ring (bicyclic) bond motifs is 4. The van der Waals surface area contributed by atoms with Gasteiger partial charge in [0.2, 0.25) is 0 Å². The molecule has 0 fully saturated rings. The number of ether oxygens (including phenoxy) is 2. The van der Waals surface area contributed by atoms with Gasteiger partial charge in [0.25, 0.3) is 0 Å². The average Bonchev–Trinajstić information content (AvgIpc) is 3.42. The second-order valence-electron chi connectivity index (χ2n) is 11.3. The Hall–Kier alpha value is -5.37. The normalized spacial score (nSPS) is 14.9. The molecular weight excluding hydrogens is 560 g/mol. The Morgan fingerprint density at radius 3 is 2.33 bits per heavy atom. The minimum Gasteiger partial charge on any atom is -0.493 e. The summed E-state index contributed by atoms with van der Waals surface area (Å²) in [6.45, 7) is 4.27. The van der Waals surface area contributed by atoms with Gasteiger partial charge in [0, 0.05) is 11.3 Å². The predicted molar refractivity (Wildman–Crippen MR) is 181 cm³/mol. The van der Waals surface area contributed by atoms with Crippen molar-refractivity contribution in [3.63, 3.8) is 0 Å². The molecule has 2 aliphatic heterocycles. The lowest BCUT2D eigenvalue weighted by molar-refractivity contribution is 0.354.